The third-order valence-corrected chi connectivity index (χ3v) is 8.84. The predicted molar refractivity (Wildman–Crippen MR) is 154 cm³/mol. The van der Waals surface area contributed by atoms with Crippen LogP contribution in [0, 0.1) is 13.8 Å². The summed E-state index contributed by atoms with van der Waals surface area (Å²) in [4.78, 5) is 15.4. The molecule has 0 unspecified atom stereocenters. The van der Waals surface area contributed by atoms with Gasteiger partial charge in [-0.3, -0.25) is 5.10 Å². The Morgan fingerprint density at radius 2 is 2.00 bits per heavy atom. The van der Waals surface area contributed by atoms with Crippen LogP contribution in [0.3, 0.4) is 0 Å². The van der Waals surface area contributed by atoms with Crippen molar-refractivity contribution in [2.75, 3.05) is 36.1 Å². The first-order valence-corrected chi connectivity index (χ1v) is 14.5. The van der Waals surface area contributed by atoms with E-state index in [0.717, 1.165) is 87.6 Å². The predicted octanol–water partition coefficient (Wildman–Crippen LogP) is 5.17. The summed E-state index contributed by atoms with van der Waals surface area (Å²) in [6, 6.07) is 4.44. The van der Waals surface area contributed by atoms with Gasteiger partial charge in [0.05, 0.1) is 41.9 Å². The number of rotatable bonds is 5. The van der Waals surface area contributed by atoms with Gasteiger partial charge >= 0.3 is 0 Å². The van der Waals surface area contributed by atoms with Gasteiger partial charge in [-0.2, -0.15) is 10.2 Å². The summed E-state index contributed by atoms with van der Waals surface area (Å²) in [5.74, 6) is 3.32. The highest BCUT2D eigenvalue weighted by Crippen LogP contribution is 2.46. The van der Waals surface area contributed by atoms with Crippen molar-refractivity contribution in [3.63, 3.8) is 0 Å². The SMILES string of the molecule is CCn1nc(C2CC2)c(Cl)c1N1CCc2nc(-c3c(C)ccc4[nH]nc(C)c34)nc(N3CCOC[C@H]3C)c2C1. The third kappa shape index (κ3) is 4.09. The number of halogens is 1. The minimum absolute atomic E-state index is 0.222. The lowest BCUT2D eigenvalue weighted by molar-refractivity contribution is 0.0984. The minimum atomic E-state index is 0.222. The lowest BCUT2D eigenvalue weighted by Gasteiger charge is -2.38. The number of nitrogens with zero attached hydrogens (tertiary/aromatic N) is 7. The Labute approximate surface area is 233 Å². The van der Waals surface area contributed by atoms with Crippen molar-refractivity contribution in [3.8, 4) is 11.4 Å². The fourth-order valence-electron chi connectivity index (χ4n) is 6.22. The van der Waals surface area contributed by atoms with Crippen LogP contribution in [0.2, 0.25) is 5.02 Å². The normalized spacial score (nSPS) is 19.7. The van der Waals surface area contributed by atoms with E-state index in [1.807, 2.05) is 6.92 Å². The van der Waals surface area contributed by atoms with Gasteiger partial charge in [0.1, 0.15) is 16.7 Å². The van der Waals surface area contributed by atoms with E-state index >= 15 is 0 Å². The molecule has 7 rings (SSSR count). The molecule has 0 bridgehead atoms. The highest BCUT2D eigenvalue weighted by molar-refractivity contribution is 6.33. The van der Waals surface area contributed by atoms with E-state index in [-0.39, 0.29) is 6.04 Å². The molecule has 5 heterocycles. The molecule has 3 aliphatic rings. The van der Waals surface area contributed by atoms with Gasteiger partial charge in [0, 0.05) is 55.0 Å². The number of hydrogen-bond acceptors (Lipinski definition) is 7. The Morgan fingerprint density at radius 3 is 2.77 bits per heavy atom. The number of aromatic nitrogens is 6. The molecule has 1 aliphatic carbocycles. The Hall–Kier alpha value is -3.17. The molecule has 9 nitrogen and oxygen atoms in total. The molecule has 1 aromatic carbocycles. The number of H-pyrrole nitrogens is 1. The monoisotopic (exact) mass is 546 g/mol. The zero-order valence-electron chi connectivity index (χ0n) is 23.1. The number of morpholine rings is 1. The standard InChI is InChI=1S/C29H35ClN8O/c1-5-38-29(25(30)26(35-38)19-7-8-19)36-11-10-21-20(14-36)28(37-12-13-39-15-17(37)3)32-27(31-21)23-16(2)6-9-22-24(23)18(4)33-34-22/h6,9,17,19H,5,7-8,10-15H2,1-4H3,(H,33,34)/t17-/m1/s1. The van der Waals surface area contributed by atoms with Crippen molar-refractivity contribution < 1.29 is 4.74 Å². The molecule has 1 saturated carbocycles. The van der Waals surface area contributed by atoms with Crippen molar-refractivity contribution in [1.82, 2.24) is 29.9 Å². The maximum atomic E-state index is 7.01. The van der Waals surface area contributed by atoms with Crippen LogP contribution in [-0.4, -0.2) is 62.3 Å². The van der Waals surface area contributed by atoms with E-state index in [2.05, 4.69) is 57.6 Å². The van der Waals surface area contributed by atoms with Gasteiger partial charge in [-0.1, -0.05) is 17.7 Å². The molecule has 1 N–H and O–H groups in total. The maximum absolute atomic E-state index is 7.01. The number of ether oxygens (including phenoxy) is 1. The average molecular weight is 547 g/mol. The maximum Gasteiger partial charge on any atom is 0.162 e. The van der Waals surface area contributed by atoms with Crippen LogP contribution in [0.4, 0.5) is 11.6 Å². The van der Waals surface area contributed by atoms with Gasteiger partial charge in [-0.15, -0.1) is 0 Å². The van der Waals surface area contributed by atoms with Crippen LogP contribution in [0.25, 0.3) is 22.3 Å². The molecule has 2 aliphatic heterocycles. The smallest absolute Gasteiger partial charge is 0.162 e. The quantitative estimate of drug-likeness (QED) is 0.369. The molecular formula is C29H35ClN8O. The van der Waals surface area contributed by atoms with E-state index in [0.29, 0.717) is 25.7 Å². The second-order valence-corrected chi connectivity index (χ2v) is 11.6. The molecule has 2 fully saturated rings. The number of benzene rings is 1. The molecule has 4 aromatic rings. The van der Waals surface area contributed by atoms with Gasteiger partial charge in [0.15, 0.2) is 5.82 Å². The van der Waals surface area contributed by atoms with Crippen LogP contribution in [-0.2, 0) is 24.2 Å². The van der Waals surface area contributed by atoms with Crippen LogP contribution in [0.1, 0.15) is 60.8 Å². The van der Waals surface area contributed by atoms with Crippen molar-refractivity contribution in [1.29, 1.82) is 0 Å². The molecule has 0 amide bonds. The largest absolute Gasteiger partial charge is 0.377 e. The Morgan fingerprint density at radius 1 is 1.15 bits per heavy atom. The van der Waals surface area contributed by atoms with Gasteiger partial charge in [-0.05, 0) is 52.2 Å². The van der Waals surface area contributed by atoms with Gasteiger partial charge in [-0.25, -0.2) is 14.6 Å². The van der Waals surface area contributed by atoms with Crippen LogP contribution in [0.5, 0.6) is 0 Å². The summed E-state index contributed by atoms with van der Waals surface area (Å²) in [6.45, 7) is 13.0. The van der Waals surface area contributed by atoms with Gasteiger partial charge in [0.2, 0.25) is 0 Å². The van der Waals surface area contributed by atoms with Crippen molar-refractivity contribution in [2.24, 2.45) is 0 Å². The van der Waals surface area contributed by atoms with E-state index in [9.17, 15) is 0 Å². The summed E-state index contributed by atoms with van der Waals surface area (Å²) in [5, 5.41) is 14.5. The molecule has 3 aromatic heterocycles. The van der Waals surface area contributed by atoms with Crippen molar-refractivity contribution in [2.45, 2.75) is 72.0 Å². The lowest BCUT2D eigenvalue weighted by Crippen LogP contribution is -2.45. The van der Waals surface area contributed by atoms with E-state index in [1.165, 1.54) is 18.4 Å². The van der Waals surface area contributed by atoms with Gasteiger partial charge < -0.3 is 14.5 Å². The number of hydrogen-bond donors (Lipinski definition) is 1. The number of fused-ring (bicyclic) bond motifs is 2. The number of nitrogens with one attached hydrogen (secondary N) is 1. The van der Waals surface area contributed by atoms with E-state index in [4.69, 9.17) is 31.4 Å². The van der Waals surface area contributed by atoms with Crippen LogP contribution >= 0.6 is 11.6 Å². The Kier molecular flexibility index (Phi) is 6.04. The molecular weight excluding hydrogens is 512 g/mol. The van der Waals surface area contributed by atoms with Crippen molar-refractivity contribution >= 4 is 34.1 Å². The summed E-state index contributed by atoms with van der Waals surface area (Å²) in [5.41, 5.74) is 7.54. The molecule has 0 spiro atoms. The highest BCUT2D eigenvalue weighted by Gasteiger charge is 2.35. The third-order valence-electron chi connectivity index (χ3n) is 8.48. The summed E-state index contributed by atoms with van der Waals surface area (Å²) in [6.07, 6.45) is 3.18. The second-order valence-electron chi connectivity index (χ2n) is 11.2. The van der Waals surface area contributed by atoms with Crippen LogP contribution < -0.4 is 9.80 Å². The molecule has 1 atom stereocenters. The zero-order valence-corrected chi connectivity index (χ0v) is 23.8. The van der Waals surface area contributed by atoms with Crippen LogP contribution in [0.15, 0.2) is 12.1 Å². The molecule has 0 radical (unpaired) electrons. The summed E-state index contributed by atoms with van der Waals surface area (Å²) >= 11 is 7.01. The Bertz CT molecular complexity index is 1570. The molecule has 39 heavy (non-hydrogen) atoms. The first-order chi connectivity index (χ1) is 18.9. The summed E-state index contributed by atoms with van der Waals surface area (Å²) in [7, 11) is 0. The zero-order chi connectivity index (χ0) is 26.8. The number of aromatic amines is 1. The Balaban J connectivity index is 1.37. The molecule has 10 heteroatoms. The second kappa shape index (κ2) is 9.48. The fourth-order valence-corrected chi connectivity index (χ4v) is 6.63. The summed E-state index contributed by atoms with van der Waals surface area (Å²) < 4.78 is 7.89. The van der Waals surface area contributed by atoms with Crippen molar-refractivity contribution in [3.05, 3.63) is 45.4 Å². The molecule has 1 saturated heterocycles. The highest BCUT2D eigenvalue weighted by atomic mass is 35.5. The first kappa shape index (κ1) is 24.8. The van der Waals surface area contributed by atoms with E-state index < -0.39 is 0 Å². The van der Waals surface area contributed by atoms with Gasteiger partial charge in [0.25, 0.3) is 0 Å². The minimum Gasteiger partial charge on any atom is -0.377 e. The average Bonchev–Trinajstić information content (AvgIpc) is 3.64. The topological polar surface area (TPSA) is 88.0 Å². The molecule has 204 valence electrons. The fraction of sp³-hybridized carbons (Fsp3) is 0.517. The number of aryl methyl sites for hydroxylation is 3. The lowest BCUT2D eigenvalue weighted by atomic mass is 9.99. The van der Waals surface area contributed by atoms with E-state index in [1.54, 1.807) is 0 Å². The number of anilines is 2. The first-order valence-electron chi connectivity index (χ1n) is 14.1.